The maximum atomic E-state index is 5.91. The van der Waals surface area contributed by atoms with Gasteiger partial charge in [0.1, 0.15) is 6.10 Å². The molecule has 1 atom stereocenters. The van der Waals surface area contributed by atoms with E-state index in [1.54, 1.807) is 0 Å². The van der Waals surface area contributed by atoms with Gasteiger partial charge in [0.2, 0.25) is 11.7 Å². The van der Waals surface area contributed by atoms with Crippen LogP contribution in [0.4, 0.5) is 0 Å². The van der Waals surface area contributed by atoms with Crippen LogP contribution < -0.4 is 5.73 Å². The van der Waals surface area contributed by atoms with Crippen LogP contribution in [0.2, 0.25) is 0 Å². The summed E-state index contributed by atoms with van der Waals surface area (Å²) in [6.07, 6.45) is 2.43. The van der Waals surface area contributed by atoms with Crippen LogP contribution in [0.25, 0.3) is 0 Å². The lowest BCUT2D eigenvalue weighted by Crippen LogP contribution is -2.34. The second-order valence-corrected chi connectivity index (χ2v) is 4.94. The zero-order valence-corrected chi connectivity index (χ0v) is 11.2. The summed E-state index contributed by atoms with van der Waals surface area (Å²) in [5.41, 5.74) is 5.57. The fourth-order valence-electron chi connectivity index (χ4n) is 1.61. The van der Waals surface area contributed by atoms with Crippen molar-refractivity contribution in [1.29, 1.82) is 0 Å². The first-order chi connectivity index (χ1) is 7.96. The van der Waals surface area contributed by atoms with Gasteiger partial charge in [-0.15, -0.1) is 0 Å². The molecule has 0 amide bonds. The Hall–Kier alpha value is -0.940. The molecule has 1 aromatic heterocycles. The first kappa shape index (κ1) is 14.1. The summed E-state index contributed by atoms with van der Waals surface area (Å²) in [7, 11) is 0. The highest BCUT2D eigenvalue weighted by Gasteiger charge is 2.21. The number of hydrogen-bond donors (Lipinski definition) is 1. The molecule has 2 N–H and O–H groups in total. The molecule has 0 bridgehead atoms. The summed E-state index contributed by atoms with van der Waals surface area (Å²) in [6.45, 7) is 8.59. The van der Waals surface area contributed by atoms with E-state index < -0.39 is 0 Å². The molecule has 0 saturated heterocycles. The van der Waals surface area contributed by atoms with Crippen molar-refractivity contribution >= 4 is 0 Å². The van der Waals surface area contributed by atoms with Crippen molar-refractivity contribution in [2.45, 2.75) is 58.6 Å². The predicted octanol–water partition coefficient (Wildman–Crippen LogP) is 2.23. The van der Waals surface area contributed by atoms with E-state index >= 15 is 0 Å². The molecule has 1 heterocycles. The number of nitrogens with zero attached hydrogens (tertiary/aromatic N) is 2. The molecule has 5 heteroatoms. The van der Waals surface area contributed by atoms with Gasteiger partial charge in [-0.1, -0.05) is 18.5 Å². The third-order valence-corrected chi connectivity index (χ3v) is 2.30. The Morgan fingerprint density at radius 1 is 1.41 bits per heavy atom. The van der Waals surface area contributed by atoms with Gasteiger partial charge in [0.05, 0.1) is 0 Å². The Morgan fingerprint density at radius 2 is 2.12 bits per heavy atom. The van der Waals surface area contributed by atoms with Gasteiger partial charge in [0.25, 0.3) is 0 Å². The van der Waals surface area contributed by atoms with Gasteiger partial charge in [-0.25, -0.2) is 0 Å². The van der Waals surface area contributed by atoms with E-state index in [9.17, 15) is 0 Å². The van der Waals surface area contributed by atoms with Crippen LogP contribution in [0.5, 0.6) is 0 Å². The Kier molecular flexibility index (Phi) is 5.08. The van der Waals surface area contributed by atoms with Crippen molar-refractivity contribution in [3.05, 3.63) is 11.7 Å². The molecular formula is C12H23N3O2. The quantitative estimate of drug-likeness (QED) is 0.792. The van der Waals surface area contributed by atoms with Gasteiger partial charge in [0.15, 0.2) is 0 Å². The monoisotopic (exact) mass is 241 g/mol. The first-order valence-corrected chi connectivity index (χ1v) is 6.19. The van der Waals surface area contributed by atoms with Crippen LogP contribution in [0.15, 0.2) is 4.52 Å². The van der Waals surface area contributed by atoms with Gasteiger partial charge in [-0.2, -0.15) is 4.98 Å². The van der Waals surface area contributed by atoms with E-state index in [0.717, 1.165) is 12.8 Å². The molecule has 5 nitrogen and oxygen atoms in total. The molecule has 0 saturated carbocycles. The second-order valence-electron chi connectivity index (χ2n) is 4.94. The number of nitrogens with two attached hydrogens (primary N) is 1. The lowest BCUT2D eigenvalue weighted by Gasteiger charge is -2.14. The molecule has 0 aliphatic heterocycles. The standard InChI is InChI=1S/C12H23N3O2/c1-5-7-9(16-6-2)11-14-10(17-15-11)8-12(3,4)13/h9H,5-8,13H2,1-4H3. The third kappa shape index (κ3) is 4.83. The fourth-order valence-corrected chi connectivity index (χ4v) is 1.61. The summed E-state index contributed by atoms with van der Waals surface area (Å²) in [4.78, 5) is 4.35. The van der Waals surface area contributed by atoms with Gasteiger partial charge < -0.3 is 15.0 Å². The predicted molar refractivity (Wildman–Crippen MR) is 65.5 cm³/mol. The average Bonchev–Trinajstić information content (AvgIpc) is 2.63. The molecule has 1 rings (SSSR count). The maximum Gasteiger partial charge on any atom is 0.228 e. The van der Waals surface area contributed by atoms with Crippen molar-refractivity contribution in [3.63, 3.8) is 0 Å². The Bertz CT molecular complexity index is 325. The number of hydrogen-bond acceptors (Lipinski definition) is 5. The van der Waals surface area contributed by atoms with E-state index in [0.29, 0.717) is 24.7 Å². The van der Waals surface area contributed by atoms with E-state index in [4.69, 9.17) is 15.0 Å². The van der Waals surface area contributed by atoms with Crippen LogP contribution in [-0.2, 0) is 11.2 Å². The minimum atomic E-state index is -0.338. The number of ether oxygens (including phenoxy) is 1. The Labute approximate surface area is 103 Å². The highest BCUT2D eigenvalue weighted by Crippen LogP contribution is 2.20. The van der Waals surface area contributed by atoms with Crippen LogP contribution in [0.3, 0.4) is 0 Å². The fraction of sp³-hybridized carbons (Fsp3) is 0.833. The van der Waals surface area contributed by atoms with Crippen molar-refractivity contribution in [2.75, 3.05) is 6.61 Å². The molecule has 0 aliphatic rings. The van der Waals surface area contributed by atoms with Crippen molar-refractivity contribution in [2.24, 2.45) is 5.73 Å². The summed E-state index contributed by atoms with van der Waals surface area (Å²) in [5, 5.41) is 3.97. The number of aromatic nitrogens is 2. The van der Waals surface area contributed by atoms with Crippen molar-refractivity contribution < 1.29 is 9.26 Å². The second kappa shape index (κ2) is 6.12. The third-order valence-electron chi connectivity index (χ3n) is 2.30. The molecule has 17 heavy (non-hydrogen) atoms. The van der Waals surface area contributed by atoms with Gasteiger partial charge in [0, 0.05) is 18.6 Å². The van der Waals surface area contributed by atoms with Crippen LogP contribution in [-0.4, -0.2) is 22.3 Å². The molecule has 98 valence electrons. The summed E-state index contributed by atoms with van der Waals surface area (Å²) >= 11 is 0. The summed E-state index contributed by atoms with van der Waals surface area (Å²) < 4.78 is 10.8. The lowest BCUT2D eigenvalue weighted by atomic mass is 10.0. The molecule has 0 radical (unpaired) electrons. The minimum Gasteiger partial charge on any atom is -0.370 e. The van der Waals surface area contributed by atoms with Crippen LogP contribution in [0, 0.1) is 0 Å². The van der Waals surface area contributed by atoms with Crippen LogP contribution >= 0.6 is 0 Å². The highest BCUT2D eigenvalue weighted by molar-refractivity contribution is 4.95. The van der Waals surface area contributed by atoms with Crippen molar-refractivity contribution in [3.8, 4) is 0 Å². The Balaban J connectivity index is 2.70. The highest BCUT2D eigenvalue weighted by atomic mass is 16.5. The van der Waals surface area contributed by atoms with Gasteiger partial charge >= 0.3 is 0 Å². The summed E-state index contributed by atoms with van der Waals surface area (Å²) in [5.74, 6) is 1.21. The molecule has 0 aliphatic carbocycles. The lowest BCUT2D eigenvalue weighted by molar-refractivity contribution is 0.0478. The largest absolute Gasteiger partial charge is 0.370 e. The minimum absolute atomic E-state index is 0.0663. The Morgan fingerprint density at radius 3 is 2.65 bits per heavy atom. The zero-order chi connectivity index (χ0) is 12.9. The smallest absolute Gasteiger partial charge is 0.228 e. The normalized spacial score (nSPS) is 13.9. The van der Waals surface area contributed by atoms with Gasteiger partial charge in [-0.3, -0.25) is 0 Å². The number of rotatable bonds is 7. The topological polar surface area (TPSA) is 74.2 Å². The van der Waals surface area contributed by atoms with E-state index in [1.165, 1.54) is 0 Å². The summed E-state index contributed by atoms with van der Waals surface area (Å²) in [6, 6.07) is 0. The molecule has 0 spiro atoms. The molecular weight excluding hydrogens is 218 g/mol. The SMILES string of the molecule is CCCC(OCC)c1noc(CC(C)(C)N)n1. The molecule has 1 aromatic rings. The van der Waals surface area contributed by atoms with E-state index in [2.05, 4.69) is 17.1 Å². The molecule has 0 aromatic carbocycles. The first-order valence-electron chi connectivity index (χ1n) is 6.19. The molecule has 0 fully saturated rings. The van der Waals surface area contributed by atoms with Crippen LogP contribution in [0.1, 0.15) is 58.4 Å². The van der Waals surface area contributed by atoms with Crippen molar-refractivity contribution in [1.82, 2.24) is 10.1 Å². The van der Waals surface area contributed by atoms with E-state index in [-0.39, 0.29) is 11.6 Å². The molecule has 1 unspecified atom stereocenters. The maximum absolute atomic E-state index is 5.91. The average molecular weight is 241 g/mol. The van der Waals surface area contributed by atoms with Gasteiger partial charge in [-0.05, 0) is 27.2 Å². The zero-order valence-electron chi connectivity index (χ0n) is 11.2. The van der Waals surface area contributed by atoms with E-state index in [1.807, 2.05) is 20.8 Å².